The van der Waals surface area contributed by atoms with E-state index in [4.69, 9.17) is 4.52 Å². The third-order valence-electron chi connectivity index (χ3n) is 5.13. The first-order valence-electron chi connectivity index (χ1n) is 9.47. The molecular weight excluding hydrogens is 328 g/mol. The average Bonchev–Trinajstić information content (AvgIpc) is 2.84. The van der Waals surface area contributed by atoms with Crippen LogP contribution in [0.1, 0.15) is 48.4 Å². The highest BCUT2D eigenvalue weighted by molar-refractivity contribution is 5.76. The molecule has 1 unspecified atom stereocenters. The van der Waals surface area contributed by atoms with Crippen LogP contribution < -0.4 is 5.32 Å². The molecule has 0 saturated carbocycles. The molecule has 2 aromatic heterocycles. The fraction of sp³-hybridized carbons (Fsp3) is 0.550. The molecule has 0 bridgehead atoms. The summed E-state index contributed by atoms with van der Waals surface area (Å²) in [5, 5.41) is 7.42. The molecule has 26 heavy (non-hydrogen) atoms. The van der Waals surface area contributed by atoms with Crippen molar-refractivity contribution in [2.24, 2.45) is 0 Å². The van der Waals surface area contributed by atoms with Crippen LogP contribution in [0.25, 0.3) is 0 Å². The van der Waals surface area contributed by atoms with Gasteiger partial charge in [0.2, 0.25) is 5.91 Å². The largest absolute Gasteiger partial charge is 0.361 e. The van der Waals surface area contributed by atoms with Crippen LogP contribution in [0.15, 0.2) is 28.9 Å². The Morgan fingerprint density at radius 3 is 2.92 bits per heavy atom. The molecule has 3 heterocycles. The highest BCUT2D eigenvalue weighted by Gasteiger charge is 2.25. The van der Waals surface area contributed by atoms with Gasteiger partial charge in [0.05, 0.1) is 17.9 Å². The van der Waals surface area contributed by atoms with Crippen molar-refractivity contribution in [3.63, 3.8) is 0 Å². The fourth-order valence-corrected chi connectivity index (χ4v) is 3.63. The predicted molar refractivity (Wildman–Crippen MR) is 99.6 cm³/mol. The van der Waals surface area contributed by atoms with E-state index in [-0.39, 0.29) is 11.9 Å². The lowest BCUT2D eigenvalue weighted by molar-refractivity contribution is -0.134. The van der Waals surface area contributed by atoms with Crippen LogP contribution in [-0.2, 0) is 17.8 Å². The highest BCUT2D eigenvalue weighted by atomic mass is 16.5. The molecule has 2 aromatic rings. The number of carbonyl (C=O) groups excluding carboxylic acids is 1. The van der Waals surface area contributed by atoms with E-state index in [0.29, 0.717) is 19.4 Å². The number of nitrogens with zero attached hydrogens (tertiary/aromatic N) is 3. The minimum Gasteiger partial charge on any atom is -0.361 e. The van der Waals surface area contributed by atoms with Gasteiger partial charge in [-0.25, -0.2) is 0 Å². The Hall–Kier alpha value is -2.21. The molecule has 0 spiro atoms. The highest BCUT2D eigenvalue weighted by Crippen LogP contribution is 2.20. The molecule has 1 atom stereocenters. The quantitative estimate of drug-likeness (QED) is 0.862. The number of rotatable bonds is 6. The maximum Gasteiger partial charge on any atom is 0.223 e. The lowest BCUT2D eigenvalue weighted by Crippen LogP contribution is -2.40. The minimum atomic E-state index is 0.183. The molecule has 3 rings (SSSR count). The first kappa shape index (κ1) is 18.6. The van der Waals surface area contributed by atoms with E-state index < -0.39 is 0 Å². The zero-order valence-corrected chi connectivity index (χ0v) is 15.7. The first-order valence-corrected chi connectivity index (χ1v) is 9.47. The topological polar surface area (TPSA) is 71.3 Å². The number of amides is 1. The van der Waals surface area contributed by atoms with Crippen molar-refractivity contribution >= 4 is 5.91 Å². The molecular formula is C20H28N4O2. The smallest absolute Gasteiger partial charge is 0.223 e. The van der Waals surface area contributed by atoms with Gasteiger partial charge in [0, 0.05) is 24.2 Å². The minimum absolute atomic E-state index is 0.183. The Morgan fingerprint density at radius 2 is 2.19 bits per heavy atom. The van der Waals surface area contributed by atoms with E-state index in [1.54, 1.807) is 6.20 Å². The Bertz CT molecular complexity index is 686. The summed E-state index contributed by atoms with van der Waals surface area (Å²) in [5.41, 5.74) is 2.87. The van der Waals surface area contributed by atoms with Crippen LogP contribution in [0.2, 0.25) is 0 Å². The monoisotopic (exact) mass is 356 g/mol. The molecule has 1 aliphatic heterocycles. The van der Waals surface area contributed by atoms with E-state index >= 15 is 0 Å². The number of aromatic nitrogens is 2. The van der Waals surface area contributed by atoms with Crippen LogP contribution in [0.3, 0.4) is 0 Å². The van der Waals surface area contributed by atoms with Crippen molar-refractivity contribution in [3.05, 3.63) is 47.1 Å². The number of aryl methyl sites for hydroxylation is 2. The van der Waals surface area contributed by atoms with Gasteiger partial charge in [0.15, 0.2) is 0 Å². The normalized spacial score (nSPS) is 17.7. The summed E-state index contributed by atoms with van der Waals surface area (Å²) < 4.78 is 5.22. The lowest BCUT2D eigenvalue weighted by atomic mass is 10.0. The zero-order valence-electron chi connectivity index (χ0n) is 15.7. The Balaban J connectivity index is 1.71. The fourth-order valence-electron chi connectivity index (χ4n) is 3.63. The summed E-state index contributed by atoms with van der Waals surface area (Å²) in [6.45, 7) is 6.40. The molecule has 6 heteroatoms. The van der Waals surface area contributed by atoms with Crippen molar-refractivity contribution in [3.8, 4) is 0 Å². The Labute approximate surface area is 155 Å². The van der Waals surface area contributed by atoms with Crippen LogP contribution in [0, 0.1) is 13.8 Å². The third kappa shape index (κ3) is 4.69. The average molecular weight is 356 g/mol. The van der Waals surface area contributed by atoms with Crippen LogP contribution in [-0.4, -0.2) is 40.1 Å². The van der Waals surface area contributed by atoms with Gasteiger partial charge in [-0.3, -0.25) is 9.78 Å². The van der Waals surface area contributed by atoms with Gasteiger partial charge < -0.3 is 14.7 Å². The second-order valence-electron chi connectivity index (χ2n) is 6.98. The van der Waals surface area contributed by atoms with E-state index in [9.17, 15) is 4.79 Å². The van der Waals surface area contributed by atoms with Crippen molar-refractivity contribution in [1.29, 1.82) is 0 Å². The van der Waals surface area contributed by atoms with Crippen LogP contribution >= 0.6 is 0 Å². The van der Waals surface area contributed by atoms with Gasteiger partial charge >= 0.3 is 0 Å². The second-order valence-corrected chi connectivity index (χ2v) is 6.98. The molecule has 1 fully saturated rings. The van der Waals surface area contributed by atoms with Crippen molar-refractivity contribution < 1.29 is 9.32 Å². The summed E-state index contributed by atoms with van der Waals surface area (Å²) in [6, 6.07) is 6.14. The maximum absolute atomic E-state index is 13.1. The van der Waals surface area contributed by atoms with Gasteiger partial charge in [0.1, 0.15) is 5.76 Å². The summed E-state index contributed by atoms with van der Waals surface area (Å²) in [5.74, 6) is 0.993. The van der Waals surface area contributed by atoms with Crippen molar-refractivity contribution in [2.45, 2.75) is 58.5 Å². The predicted octanol–water partition coefficient (Wildman–Crippen LogP) is 2.79. The molecule has 6 nitrogen and oxygen atoms in total. The lowest BCUT2D eigenvalue weighted by Gasteiger charge is -2.31. The summed E-state index contributed by atoms with van der Waals surface area (Å²) >= 11 is 0. The molecule has 0 aromatic carbocycles. The number of pyridine rings is 1. The molecule has 0 aliphatic carbocycles. The molecule has 1 N–H and O–H groups in total. The summed E-state index contributed by atoms with van der Waals surface area (Å²) in [7, 11) is 0. The standard InChI is InChI=1S/C20H28N4O2/c1-15-19(16(2)26-23-15)8-9-20(25)24(14-17-6-3-4-12-22-17)18-7-5-11-21-13-10-18/h3-4,6,12,18,21H,5,7-11,13-14H2,1-2H3. The zero-order chi connectivity index (χ0) is 18.4. The van der Waals surface area contributed by atoms with Gasteiger partial charge in [-0.05, 0) is 64.8 Å². The molecule has 0 radical (unpaired) electrons. The molecule has 140 valence electrons. The SMILES string of the molecule is Cc1noc(C)c1CCC(=O)N(Cc1ccccn1)C1CCCNCC1. The number of hydrogen-bond acceptors (Lipinski definition) is 5. The van der Waals surface area contributed by atoms with E-state index in [0.717, 1.165) is 55.1 Å². The van der Waals surface area contributed by atoms with Crippen LogP contribution in [0.4, 0.5) is 0 Å². The van der Waals surface area contributed by atoms with Gasteiger partial charge in [-0.2, -0.15) is 0 Å². The van der Waals surface area contributed by atoms with E-state index in [2.05, 4.69) is 15.5 Å². The van der Waals surface area contributed by atoms with Gasteiger partial charge in [-0.15, -0.1) is 0 Å². The van der Waals surface area contributed by atoms with E-state index in [1.165, 1.54) is 0 Å². The first-order chi connectivity index (χ1) is 12.6. The van der Waals surface area contributed by atoms with Crippen molar-refractivity contribution in [2.75, 3.05) is 13.1 Å². The number of carbonyl (C=O) groups is 1. The Kier molecular flexibility index (Phi) is 6.39. The molecule has 1 aliphatic rings. The van der Waals surface area contributed by atoms with Gasteiger partial charge in [0.25, 0.3) is 0 Å². The number of nitrogens with one attached hydrogen (secondary N) is 1. The Morgan fingerprint density at radius 1 is 1.31 bits per heavy atom. The third-order valence-corrected chi connectivity index (χ3v) is 5.13. The van der Waals surface area contributed by atoms with Gasteiger partial charge in [-0.1, -0.05) is 11.2 Å². The molecule has 1 saturated heterocycles. The second kappa shape index (κ2) is 8.94. The molecule has 1 amide bonds. The van der Waals surface area contributed by atoms with E-state index in [1.807, 2.05) is 36.9 Å². The van der Waals surface area contributed by atoms with Crippen molar-refractivity contribution in [1.82, 2.24) is 20.4 Å². The summed E-state index contributed by atoms with van der Waals surface area (Å²) in [6.07, 6.45) is 6.06. The van der Waals surface area contributed by atoms with Crippen LogP contribution in [0.5, 0.6) is 0 Å². The maximum atomic E-state index is 13.1. The summed E-state index contributed by atoms with van der Waals surface area (Å²) in [4.78, 5) is 19.6. The number of hydrogen-bond donors (Lipinski definition) is 1.